The third-order valence-electron chi connectivity index (χ3n) is 3.43. The number of aromatic nitrogens is 1. The first kappa shape index (κ1) is 16.9. The van der Waals surface area contributed by atoms with Crippen LogP contribution in [0.5, 0.6) is 0 Å². The zero-order chi connectivity index (χ0) is 17.8. The molecule has 0 radical (unpaired) electrons. The summed E-state index contributed by atoms with van der Waals surface area (Å²) >= 11 is 1.33. The summed E-state index contributed by atoms with van der Waals surface area (Å²) in [5.41, 5.74) is 2.25. The smallest absolute Gasteiger partial charge is 0.257 e. The largest absolute Gasteiger partial charge is 0.458 e. The molecule has 0 aliphatic heterocycles. The van der Waals surface area contributed by atoms with E-state index in [2.05, 4.69) is 15.6 Å². The molecule has 0 aliphatic carbocycles. The fourth-order valence-corrected chi connectivity index (χ4v) is 2.92. The van der Waals surface area contributed by atoms with Crippen molar-refractivity contribution in [1.82, 2.24) is 10.3 Å². The van der Waals surface area contributed by atoms with Crippen LogP contribution in [-0.2, 0) is 11.3 Å². The van der Waals surface area contributed by atoms with Crippen molar-refractivity contribution in [3.8, 4) is 11.5 Å². The van der Waals surface area contributed by atoms with Crippen molar-refractivity contribution in [1.29, 1.82) is 0 Å². The lowest BCUT2D eigenvalue weighted by Crippen LogP contribution is -2.18. The van der Waals surface area contributed by atoms with Gasteiger partial charge in [0.2, 0.25) is 5.91 Å². The number of thiazole rings is 1. The van der Waals surface area contributed by atoms with Gasteiger partial charge in [0, 0.05) is 17.9 Å². The Hall–Kier alpha value is -2.93. The first-order valence-corrected chi connectivity index (χ1v) is 8.56. The topological polar surface area (TPSA) is 84.2 Å². The van der Waals surface area contributed by atoms with Crippen molar-refractivity contribution in [2.75, 3.05) is 5.32 Å². The summed E-state index contributed by atoms with van der Waals surface area (Å²) in [6.45, 7) is 3.72. The lowest BCUT2D eigenvalue weighted by molar-refractivity contribution is -0.119. The Bertz CT molecular complexity index is 914. The number of anilines is 1. The normalized spacial score (nSPS) is 10.5. The highest BCUT2D eigenvalue weighted by Crippen LogP contribution is 2.27. The number of aryl methyl sites for hydroxylation is 1. The quantitative estimate of drug-likeness (QED) is 0.732. The Balaban J connectivity index is 1.68. The van der Waals surface area contributed by atoms with E-state index in [4.69, 9.17) is 4.42 Å². The third kappa shape index (κ3) is 4.33. The van der Waals surface area contributed by atoms with Crippen LogP contribution in [0.1, 0.15) is 28.6 Å². The fraction of sp³-hybridized carbons (Fsp3) is 0.167. The molecule has 2 amide bonds. The molecule has 0 spiro atoms. The number of carbonyl (C=O) groups excluding carboxylic acids is 2. The number of rotatable bonds is 5. The average Bonchev–Trinajstić information content (AvgIpc) is 3.22. The third-order valence-corrected chi connectivity index (χ3v) is 4.19. The maximum atomic E-state index is 12.3. The van der Waals surface area contributed by atoms with Crippen molar-refractivity contribution in [3.05, 3.63) is 58.7 Å². The molecule has 2 N–H and O–H groups in total. The minimum Gasteiger partial charge on any atom is -0.458 e. The van der Waals surface area contributed by atoms with Gasteiger partial charge < -0.3 is 9.73 Å². The van der Waals surface area contributed by atoms with Gasteiger partial charge in [-0.2, -0.15) is 0 Å². The maximum Gasteiger partial charge on any atom is 0.257 e. The molecule has 7 heteroatoms. The molecule has 0 bridgehead atoms. The molecule has 0 atom stereocenters. The Kier molecular flexibility index (Phi) is 4.95. The number of amides is 2. The number of carbonyl (C=O) groups is 2. The van der Waals surface area contributed by atoms with E-state index < -0.39 is 0 Å². The van der Waals surface area contributed by atoms with Crippen LogP contribution in [0.4, 0.5) is 5.13 Å². The second-order valence-corrected chi connectivity index (χ2v) is 6.40. The summed E-state index contributed by atoms with van der Waals surface area (Å²) in [7, 11) is 0. The van der Waals surface area contributed by atoms with E-state index >= 15 is 0 Å². The van der Waals surface area contributed by atoms with E-state index in [0.29, 0.717) is 34.5 Å². The van der Waals surface area contributed by atoms with Crippen LogP contribution in [0.2, 0.25) is 0 Å². The van der Waals surface area contributed by atoms with Gasteiger partial charge in [0.1, 0.15) is 11.5 Å². The van der Waals surface area contributed by atoms with Gasteiger partial charge in [0.05, 0.1) is 6.54 Å². The number of hydrogen-bond donors (Lipinski definition) is 2. The number of nitrogens with one attached hydrogen (secondary N) is 2. The van der Waals surface area contributed by atoms with Crippen LogP contribution in [0.25, 0.3) is 11.5 Å². The Morgan fingerprint density at radius 2 is 2.08 bits per heavy atom. The number of benzene rings is 1. The van der Waals surface area contributed by atoms with E-state index in [0.717, 1.165) is 5.56 Å². The zero-order valence-electron chi connectivity index (χ0n) is 13.8. The van der Waals surface area contributed by atoms with Crippen LogP contribution in [0, 0.1) is 6.92 Å². The molecule has 0 unspecified atom stereocenters. The highest BCUT2D eigenvalue weighted by Gasteiger charge is 2.12. The second kappa shape index (κ2) is 7.31. The molecule has 6 nitrogen and oxygen atoms in total. The van der Waals surface area contributed by atoms with Crippen LogP contribution < -0.4 is 10.6 Å². The van der Waals surface area contributed by atoms with Gasteiger partial charge in [0.15, 0.2) is 10.9 Å². The molecule has 0 fully saturated rings. The molecule has 0 saturated carbocycles. The van der Waals surface area contributed by atoms with Gasteiger partial charge in [0.25, 0.3) is 5.91 Å². The molecule has 2 aromatic heterocycles. The summed E-state index contributed by atoms with van der Waals surface area (Å²) in [5.74, 6) is 0.916. The van der Waals surface area contributed by atoms with E-state index in [9.17, 15) is 9.59 Å². The summed E-state index contributed by atoms with van der Waals surface area (Å²) in [6.07, 6.45) is 0. The molecule has 25 heavy (non-hydrogen) atoms. The molecule has 128 valence electrons. The van der Waals surface area contributed by atoms with Crippen molar-refractivity contribution in [3.63, 3.8) is 0 Å². The molecular weight excluding hydrogens is 338 g/mol. The summed E-state index contributed by atoms with van der Waals surface area (Å²) in [6, 6.07) is 10.9. The molecule has 0 aliphatic rings. The van der Waals surface area contributed by atoms with Crippen molar-refractivity contribution >= 4 is 28.3 Å². The van der Waals surface area contributed by atoms with Gasteiger partial charge in [-0.1, -0.05) is 17.7 Å². The van der Waals surface area contributed by atoms with Crippen molar-refractivity contribution in [2.24, 2.45) is 0 Å². The van der Waals surface area contributed by atoms with E-state index in [1.165, 1.54) is 18.3 Å². The SMILES string of the molecule is CC(=O)NCc1ccc(-c2csc(NC(=O)c3cccc(C)c3)n2)o1. The van der Waals surface area contributed by atoms with Crippen LogP contribution in [0.15, 0.2) is 46.2 Å². The maximum absolute atomic E-state index is 12.3. The lowest BCUT2D eigenvalue weighted by Gasteiger charge is -2.02. The van der Waals surface area contributed by atoms with Crippen LogP contribution in [0.3, 0.4) is 0 Å². The first-order chi connectivity index (χ1) is 12.0. The number of hydrogen-bond acceptors (Lipinski definition) is 5. The van der Waals surface area contributed by atoms with Crippen LogP contribution in [-0.4, -0.2) is 16.8 Å². The molecule has 1 aromatic carbocycles. The fourth-order valence-electron chi connectivity index (χ4n) is 2.22. The van der Waals surface area contributed by atoms with E-state index in [-0.39, 0.29) is 11.8 Å². The monoisotopic (exact) mass is 355 g/mol. The van der Waals surface area contributed by atoms with Crippen molar-refractivity contribution in [2.45, 2.75) is 20.4 Å². The lowest BCUT2D eigenvalue weighted by atomic mass is 10.1. The standard InChI is InChI=1S/C18H17N3O3S/c1-11-4-3-5-13(8-11)17(23)21-18-20-15(10-25-18)16-7-6-14(24-16)9-19-12(2)22/h3-8,10H,9H2,1-2H3,(H,19,22)(H,20,21,23). The summed E-state index contributed by atoms with van der Waals surface area (Å²) < 4.78 is 5.66. The molecule has 3 aromatic rings. The highest BCUT2D eigenvalue weighted by atomic mass is 32.1. The van der Waals surface area contributed by atoms with E-state index in [1.807, 2.05) is 30.5 Å². The predicted molar refractivity (Wildman–Crippen MR) is 96.5 cm³/mol. The molecule has 2 heterocycles. The van der Waals surface area contributed by atoms with Gasteiger partial charge in [-0.15, -0.1) is 11.3 Å². The minimum atomic E-state index is -0.199. The Morgan fingerprint density at radius 1 is 1.24 bits per heavy atom. The highest BCUT2D eigenvalue weighted by molar-refractivity contribution is 7.14. The van der Waals surface area contributed by atoms with Gasteiger partial charge in [-0.25, -0.2) is 4.98 Å². The molecule has 3 rings (SSSR count). The molecular formula is C18H17N3O3S. The Labute approximate surface area is 148 Å². The van der Waals surface area contributed by atoms with Gasteiger partial charge in [-0.05, 0) is 31.2 Å². The number of nitrogens with zero attached hydrogens (tertiary/aromatic N) is 1. The molecule has 0 saturated heterocycles. The minimum absolute atomic E-state index is 0.118. The van der Waals surface area contributed by atoms with Crippen molar-refractivity contribution < 1.29 is 14.0 Å². The average molecular weight is 355 g/mol. The first-order valence-electron chi connectivity index (χ1n) is 7.68. The van der Waals surface area contributed by atoms with E-state index in [1.54, 1.807) is 18.2 Å². The Morgan fingerprint density at radius 3 is 2.84 bits per heavy atom. The van der Waals surface area contributed by atoms with Gasteiger partial charge >= 0.3 is 0 Å². The predicted octanol–water partition coefficient (Wildman–Crippen LogP) is 3.60. The summed E-state index contributed by atoms with van der Waals surface area (Å²) in [5, 5.41) is 7.78. The number of furan rings is 1. The second-order valence-electron chi connectivity index (χ2n) is 5.54. The van der Waals surface area contributed by atoms with Gasteiger partial charge in [-0.3, -0.25) is 14.9 Å². The van der Waals surface area contributed by atoms with Crippen LogP contribution >= 0.6 is 11.3 Å². The zero-order valence-corrected chi connectivity index (χ0v) is 14.6. The summed E-state index contributed by atoms with van der Waals surface area (Å²) in [4.78, 5) is 27.6.